The number of aliphatic hydroxyl groups excluding tert-OH is 3. The zero-order chi connectivity index (χ0) is 87.3. The van der Waals surface area contributed by atoms with Crippen LogP contribution in [-0.2, 0) is 60.7 Å². The summed E-state index contributed by atoms with van der Waals surface area (Å²) < 4.78 is 40.3. The van der Waals surface area contributed by atoms with Crippen LogP contribution in [0.3, 0.4) is 0 Å². The number of anilines is 6. The number of nitrogens with one attached hydrogen (secondary N) is 2. The number of carboxylic acid groups (broad SMARTS) is 1. The molecule has 656 valence electrons. The molecule has 1 aromatic heterocycles. The smallest absolute Gasteiger partial charge is 0.311 e. The molecule has 4 aromatic carbocycles. The minimum absolute atomic E-state index is 0.0204. The van der Waals surface area contributed by atoms with Gasteiger partial charge in [-0.3, -0.25) is 28.8 Å². The van der Waals surface area contributed by atoms with Crippen molar-refractivity contribution in [2.45, 2.75) is 295 Å². The van der Waals surface area contributed by atoms with Crippen molar-refractivity contribution in [1.29, 1.82) is 0 Å². The first kappa shape index (κ1) is 99.8. The van der Waals surface area contributed by atoms with Crippen molar-refractivity contribution in [3.63, 3.8) is 0 Å². The van der Waals surface area contributed by atoms with Crippen LogP contribution < -0.4 is 33.6 Å². The van der Waals surface area contributed by atoms with Gasteiger partial charge >= 0.3 is 11.9 Å². The number of aromatic nitrogens is 3. The van der Waals surface area contributed by atoms with Gasteiger partial charge in [-0.05, 0) is 179 Å². The van der Waals surface area contributed by atoms with Crippen LogP contribution in [0.4, 0.5) is 34.1 Å². The van der Waals surface area contributed by atoms with Crippen LogP contribution in [0.5, 0.6) is 0 Å². The molecule has 0 radical (unpaired) electrons. The van der Waals surface area contributed by atoms with Gasteiger partial charge in [-0.2, -0.15) is 0 Å². The summed E-state index contributed by atoms with van der Waals surface area (Å²) in [5.74, 6) is -3.61. The second-order valence-electron chi connectivity index (χ2n) is 32.4. The summed E-state index contributed by atoms with van der Waals surface area (Å²) >= 11 is 0. The molecule has 0 spiro atoms. The molecule has 3 aliphatic heterocycles. The lowest BCUT2D eigenvalue weighted by Gasteiger charge is -2.49. The average Bonchev–Trinajstić information content (AvgIpc) is 1.01. The van der Waals surface area contributed by atoms with Crippen molar-refractivity contribution in [3.8, 4) is 11.3 Å². The van der Waals surface area contributed by atoms with E-state index in [4.69, 9.17) is 67.5 Å². The zero-order valence-electron chi connectivity index (χ0n) is 71.4. The van der Waals surface area contributed by atoms with Gasteiger partial charge < -0.3 is 97.5 Å². The van der Waals surface area contributed by atoms with Crippen molar-refractivity contribution in [1.82, 2.24) is 24.8 Å². The Bertz CT molecular complexity index is 3900. The maximum atomic E-state index is 14.5. The Balaban J connectivity index is 0.000000513. The first-order chi connectivity index (χ1) is 56.0. The van der Waals surface area contributed by atoms with E-state index in [0.717, 1.165) is 87.4 Å². The van der Waals surface area contributed by atoms with Crippen LogP contribution in [0.25, 0.3) is 32.1 Å². The number of ether oxygens (including phenoxy) is 6. The van der Waals surface area contributed by atoms with E-state index in [1.807, 2.05) is 111 Å². The fraction of sp³-hybridized carbons (Fsp3) is 0.647. The van der Waals surface area contributed by atoms with Gasteiger partial charge in [0.25, 0.3) is 0 Å². The number of hydrogen-bond acceptors (Lipinski definition) is 25. The highest BCUT2D eigenvalue weighted by Gasteiger charge is 2.53. The lowest BCUT2D eigenvalue weighted by Crippen LogP contribution is -2.60. The minimum Gasteiger partial charge on any atom is -0.481 e. The van der Waals surface area contributed by atoms with E-state index < -0.39 is 108 Å². The average molecular weight is 1650 g/mol. The molecular formula is C85H135N17O16. The number of amides is 2. The predicted octanol–water partition coefficient (Wildman–Crippen LogP) is 12.6. The van der Waals surface area contributed by atoms with E-state index in [9.17, 15) is 44.7 Å². The highest BCUT2D eigenvalue weighted by atomic mass is 16.7. The van der Waals surface area contributed by atoms with E-state index in [2.05, 4.69) is 45.9 Å². The number of unbranched alkanes of at least 4 members (excludes halogenated alkanes) is 9. The summed E-state index contributed by atoms with van der Waals surface area (Å²) in [5, 5.41) is 89.5. The number of esters is 1. The second-order valence-corrected chi connectivity index (χ2v) is 32.4. The largest absolute Gasteiger partial charge is 0.481 e. The number of cyclic esters (lactones) is 1. The van der Waals surface area contributed by atoms with Crippen LogP contribution in [0.15, 0.2) is 113 Å². The number of para-hydroxylation sites is 6. The lowest BCUT2D eigenvalue weighted by molar-refractivity contribution is -0.318. The third-order valence-corrected chi connectivity index (χ3v) is 22.3. The summed E-state index contributed by atoms with van der Waals surface area (Å²) in [7, 11) is 5.30. The molecule has 5 aromatic rings. The number of aryl methyl sites for hydroxylation is 1. The standard InChI is InChI=1S/C59H95N7O13.C13H19N5O.C7H13N3O2.C6H8N2/c1-14-47-59(10,73)52(69)39(6)64(11)32-35(2)30-57(8,72)54(37(4)51(38(5)55(71)77-47)78-49-31-58(9,74-13)53(70)40(7)76-49)79-56-50(68)46(29-36(3)75-56)65(12)33-41-24-26-42(27-25-41)45-34-66(63-62-45)28-20-16-15-17-23-48(67)61-44-22-19-18-21-43(44)60;14-11-7-4-5-8-12(11)17-13(19)9-3-1-2-6-10-16-18-15;8-10-9-6-4-2-1-3-5-7(11)12;7-5-3-1-2-4-6(5)8/h18-19,21-22,24-27,34-40,46-47,49-54,56,68-70,72-73H,14-17,20,23,28-33,60H2,1-13H3,(H,61,67);4-5,7-8H,1-3,6,9-10,14H2,(H,17,19);1-6H2,(H,11,12);1-4H,7-8H2/t35-,36-,37+,38-,39-,40+,46+,47-,49+,50+,51+,52-,53+,54-,56+,57-,58-,59-;;;/m1.../s1. The number of benzene rings is 4. The minimum atomic E-state index is -1.84. The number of carbonyl (C=O) groups is 4. The van der Waals surface area contributed by atoms with E-state index in [1.165, 1.54) is 14.0 Å². The number of nitrogens with zero attached hydrogens (tertiary/aromatic N) is 11. The summed E-state index contributed by atoms with van der Waals surface area (Å²) in [6.07, 6.45) is 4.55. The maximum absolute atomic E-state index is 14.5. The van der Waals surface area contributed by atoms with Crippen LogP contribution in [0, 0.1) is 17.8 Å². The summed E-state index contributed by atoms with van der Waals surface area (Å²) in [6, 6.07) is 28.8. The number of likely N-dealkylation sites (N-methyl/N-ethyl adjacent to an activating group) is 2. The molecule has 33 heteroatoms. The number of methoxy groups -OCH3 is 1. The van der Waals surface area contributed by atoms with Crippen molar-refractivity contribution in [2.75, 3.05) is 74.4 Å². The number of aliphatic carboxylic acids is 1. The van der Waals surface area contributed by atoms with Gasteiger partial charge in [0.05, 0.1) is 81.9 Å². The molecule has 3 fully saturated rings. The Labute approximate surface area is 695 Å². The van der Waals surface area contributed by atoms with Gasteiger partial charge in [0, 0.05) is 98.9 Å². The molecular weight excluding hydrogens is 1520 g/mol. The Kier molecular flexibility index (Phi) is 42.6. The zero-order valence-corrected chi connectivity index (χ0v) is 71.4. The highest BCUT2D eigenvalue weighted by Crippen LogP contribution is 2.41. The summed E-state index contributed by atoms with van der Waals surface area (Å²) in [5.41, 5.74) is 40.3. The molecule has 0 bridgehead atoms. The molecule has 2 amide bonds. The Hall–Kier alpha value is -8.76. The summed E-state index contributed by atoms with van der Waals surface area (Å²) in [4.78, 5) is 58.0. The van der Waals surface area contributed by atoms with Crippen molar-refractivity contribution < 1.29 is 78.2 Å². The molecule has 118 heavy (non-hydrogen) atoms. The number of azide groups is 2. The number of nitrogen functional groups attached to an aromatic ring is 4. The molecule has 16 N–H and O–H groups in total. The topological polar surface area (TPSA) is 508 Å². The van der Waals surface area contributed by atoms with Crippen LogP contribution in [-0.4, -0.2) is 210 Å². The van der Waals surface area contributed by atoms with Crippen molar-refractivity contribution >= 4 is 57.9 Å². The SMILES string of the molecule is CC[C@H]1OC(=O)[C@H](C)[C@@H](O[C@H]2C[C@@](C)(OC)[C@@H](O)[C@H](C)O2)[C@H](C)[C@@H](O[C@@H]2O[C@H](C)C[C@H](N(C)Cc3ccc(-c4cn(CCCCCCC(=O)Nc5ccccc5N)nn4)cc3)[C@@H]2O)[C@](C)(O)C[C@@H](C)CN(C)[C@H](C)[C@@H](O)[C@]1(C)O.Nc1ccccc1N.[N-]=[N+]=NCCCCCCC(=O)Nc1ccccc1N.[N-]=[N+]=NCCCCCCC(=O)O. The quantitative estimate of drug-likeness (QED) is 0.00463. The fourth-order valence-electron chi connectivity index (χ4n) is 15.2. The van der Waals surface area contributed by atoms with E-state index >= 15 is 0 Å². The molecule has 4 heterocycles. The molecule has 0 saturated carbocycles. The van der Waals surface area contributed by atoms with Gasteiger partial charge in [0.2, 0.25) is 11.8 Å². The number of aliphatic hydroxyl groups is 5. The van der Waals surface area contributed by atoms with Crippen molar-refractivity contribution in [2.24, 2.45) is 28.0 Å². The number of rotatable bonds is 33. The number of carbonyl (C=O) groups excluding carboxylic acids is 3. The van der Waals surface area contributed by atoms with Gasteiger partial charge in [-0.25, -0.2) is 0 Å². The third-order valence-electron chi connectivity index (χ3n) is 22.3. The first-order valence-corrected chi connectivity index (χ1v) is 41.4. The molecule has 0 unspecified atom stereocenters. The van der Waals surface area contributed by atoms with Crippen LogP contribution in [0.1, 0.15) is 197 Å². The van der Waals surface area contributed by atoms with Gasteiger partial charge in [-0.15, -0.1) is 5.10 Å². The Morgan fingerprint density at radius 1 is 0.695 bits per heavy atom. The number of carboxylic acids is 1. The van der Waals surface area contributed by atoms with E-state index in [0.29, 0.717) is 92.5 Å². The lowest BCUT2D eigenvalue weighted by atomic mass is 9.77. The molecule has 33 nitrogen and oxygen atoms in total. The molecule has 8 rings (SSSR count). The van der Waals surface area contributed by atoms with Crippen LogP contribution >= 0.6 is 0 Å². The predicted molar refractivity (Wildman–Crippen MR) is 457 cm³/mol. The number of nitrogens with two attached hydrogens (primary N) is 4. The maximum Gasteiger partial charge on any atom is 0.311 e. The first-order valence-electron chi connectivity index (χ1n) is 41.4. The Morgan fingerprint density at radius 3 is 1.72 bits per heavy atom. The fourth-order valence-corrected chi connectivity index (χ4v) is 15.2. The Morgan fingerprint density at radius 2 is 1.21 bits per heavy atom. The van der Waals surface area contributed by atoms with E-state index in [-0.39, 0.29) is 49.5 Å². The van der Waals surface area contributed by atoms with Gasteiger partial charge in [0.1, 0.15) is 35.7 Å². The van der Waals surface area contributed by atoms with E-state index in [1.54, 1.807) is 77.9 Å². The monoisotopic (exact) mass is 1650 g/mol. The number of hydrogen-bond donors (Lipinski definition) is 12. The van der Waals surface area contributed by atoms with Gasteiger partial charge in [0.15, 0.2) is 12.6 Å². The van der Waals surface area contributed by atoms with Crippen LogP contribution in [0.2, 0.25) is 0 Å². The summed E-state index contributed by atoms with van der Waals surface area (Å²) in [6.45, 7) is 20.3. The molecule has 3 saturated heterocycles. The molecule has 3 aliphatic rings. The highest BCUT2D eigenvalue weighted by molar-refractivity contribution is 5.94. The molecule has 0 aliphatic carbocycles. The van der Waals surface area contributed by atoms with Gasteiger partial charge in [-0.1, -0.05) is 135 Å². The second kappa shape index (κ2) is 50.3. The normalized spacial score (nSPS) is 27.6. The van der Waals surface area contributed by atoms with Crippen molar-refractivity contribution in [3.05, 3.63) is 130 Å². The molecule has 18 atom stereocenters. The third kappa shape index (κ3) is 32.4.